The molecule has 0 aliphatic rings. The molecular weight excluding hydrogens is 258 g/mol. The van der Waals surface area contributed by atoms with Crippen molar-refractivity contribution in [2.75, 3.05) is 40.5 Å². The molecule has 0 aliphatic heterocycles. The van der Waals surface area contributed by atoms with Gasteiger partial charge in [-0.05, 0) is 23.8 Å². The van der Waals surface area contributed by atoms with Crippen LogP contribution in [-0.4, -0.2) is 56.4 Å². The molecule has 0 aromatic heterocycles. The Morgan fingerprint density at radius 2 is 2.15 bits per heavy atom. The maximum absolute atomic E-state index is 12.0. The summed E-state index contributed by atoms with van der Waals surface area (Å²) in [5.74, 6) is 0.588. The first kappa shape index (κ1) is 16.2. The maximum atomic E-state index is 12.0. The Kier molecular flexibility index (Phi) is 7.39. The van der Waals surface area contributed by atoms with Gasteiger partial charge in [0.2, 0.25) is 5.91 Å². The van der Waals surface area contributed by atoms with Gasteiger partial charge >= 0.3 is 0 Å². The second kappa shape index (κ2) is 9.12. The van der Waals surface area contributed by atoms with Gasteiger partial charge in [0.05, 0.1) is 20.3 Å². The van der Waals surface area contributed by atoms with Crippen LogP contribution in [0.5, 0.6) is 5.75 Å². The Morgan fingerprint density at radius 1 is 1.35 bits per heavy atom. The molecule has 5 heteroatoms. The molecule has 0 aliphatic carbocycles. The minimum Gasteiger partial charge on any atom is -0.497 e. The highest BCUT2D eigenvalue weighted by atomic mass is 16.5. The van der Waals surface area contributed by atoms with E-state index in [2.05, 4.69) is 0 Å². The van der Waals surface area contributed by atoms with Crippen molar-refractivity contribution in [3.63, 3.8) is 0 Å². The number of nitrogens with zero attached hydrogens (tertiary/aromatic N) is 1. The van der Waals surface area contributed by atoms with Gasteiger partial charge < -0.3 is 19.5 Å². The molecule has 0 bridgehead atoms. The average molecular weight is 279 g/mol. The number of hydrogen-bond donors (Lipinski definition) is 1. The van der Waals surface area contributed by atoms with Crippen LogP contribution in [-0.2, 0) is 9.53 Å². The molecule has 0 heterocycles. The zero-order valence-corrected chi connectivity index (χ0v) is 11.9. The zero-order valence-electron chi connectivity index (χ0n) is 11.9. The van der Waals surface area contributed by atoms with E-state index in [0.29, 0.717) is 19.7 Å². The number of methoxy groups -OCH3 is 2. The summed E-state index contributed by atoms with van der Waals surface area (Å²) >= 11 is 0. The molecule has 1 aromatic rings. The fourth-order valence-electron chi connectivity index (χ4n) is 1.67. The number of aliphatic hydroxyl groups excluding tert-OH is 1. The van der Waals surface area contributed by atoms with Gasteiger partial charge in [0.15, 0.2) is 0 Å². The lowest BCUT2D eigenvalue weighted by Crippen LogP contribution is -2.34. The largest absolute Gasteiger partial charge is 0.497 e. The number of amides is 1. The molecule has 1 rings (SSSR count). The van der Waals surface area contributed by atoms with Crippen LogP contribution < -0.4 is 4.74 Å². The van der Waals surface area contributed by atoms with Crippen molar-refractivity contribution >= 4 is 12.0 Å². The Hall–Kier alpha value is -1.85. The van der Waals surface area contributed by atoms with Gasteiger partial charge in [-0.3, -0.25) is 4.79 Å². The molecule has 0 saturated heterocycles. The van der Waals surface area contributed by atoms with Crippen molar-refractivity contribution in [2.24, 2.45) is 0 Å². The second-order valence-electron chi connectivity index (χ2n) is 4.15. The van der Waals surface area contributed by atoms with E-state index in [1.165, 1.54) is 6.08 Å². The van der Waals surface area contributed by atoms with Crippen LogP contribution in [0, 0.1) is 0 Å². The van der Waals surface area contributed by atoms with E-state index in [1.54, 1.807) is 25.2 Å². The highest BCUT2D eigenvalue weighted by molar-refractivity contribution is 5.91. The van der Waals surface area contributed by atoms with Crippen LogP contribution in [0.4, 0.5) is 0 Å². The van der Waals surface area contributed by atoms with Crippen molar-refractivity contribution in [2.45, 2.75) is 0 Å². The fourth-order valence-corrected chi connectivity index (χ4v) is 1.67. The molecule has 1 N–H and O–H groups in total. The van der Waals surface area contributed by atoms with E-state index in [0.717, 1.165) is 11.3 Å². The third-order valence-electron chi connectivity index (χ3n) is 2.76. The van der Waals surface area contributed by atoms with E-state index < -0.39 is 0 Å². The van der Waals surface area contributed by atoms with Crippen molar-refractivity contribution in [1.29, 1.82) is 0 Å². The summed E-state index contributed by atoms with van der Waals surface area (Å²) in [7, 11) is 3.18. The number of rotatable bonds is 8. The van der Waals surface area contributed by atoms with Gasteiger partial charge in [0.25, 0.3) is 0 Å². The van der Waals surface area contributed by atoms with E-state index in [-0.39, 0.29) is 12.5 Å². The monoisotopic (exact) mass is 279 g/mol. The molecule has 20 heavy (non-hydrogen) atoms. The zero-order chi connectivity index (χ0) is 14.8. The predicted octanol–water partition coefficient (Wildman–Crippen LogP) is 1.18. The molecule has 1 amide bonds. The lowest BCUT2D eigenvalue weighted by atomic mass is 10.2. The fraction of sp³-hybridized carbons (Fsp3) is 0.400. The van der Waals surface area contributed by atoms with Gasteiger partial charge in [-0.15, -0.1) is 0 Å². The molecule has 0 radical (unpaired) electrons. The second-order valence-corrected chi connectivity index (χ2v) is 4.15. The first-order valence-electron chi connectivity index (χ1n) is 6.42. The smallest absolute Gasteiger partial charge is 0.246 e. The molecule has 0 fully saturated rings. The Morgan fingerprint density at radius 3 is 2.80 bits per heavy atom. The minimum absolute atomic E-state index is 0.0670. The molecular formula is C15H21NO4. The van der Waals surface area contributed by atoms with Gasteiger partial charge in [-0.25, -0.2) is 0 Å². The van der Waals surface area contributed by atoms with Crippen LogP contribution in [0.25, 0.3) is 6.08 Å². The van der Waals surface area contributed by atoms with E-state index >= 15 is 0 Å². The average Bonchev–Trinajstić information content (AvgIpc) is 2.49. The molecule has 0 atom stereocenters. The number of carbonyl (C=O) groups excluding carboxylic acids is 1. The highest BCUT2D eigenvalue weighted by Gasteiger charge is 2.09. The number of ether oxygens (including phenoxy) is 2. The SMILES string of the molecule is COCCN(CCO)C(=O)/C=C/c1cccc(OC)c1. The standard InChI is InChI=1S/C15H21NO4/c1-19-11-9-16(8-10-17)15(18)7-6-13-4-3-5-14(12-13)20-2/h3-7,12,17H,8-11H2,1-2H3/b7-6+. The van der Waals surface area contributed by atoms with Gasteiger partial charge in [-0.2, -0.15) is 0 Å². The number of carbonyl (C=O) groups is 1. The minimum atomic E-state index is -0.154. The van der Waals surface area contributed by atoms with Gasteiger partial charge in [0.1, 0.15) is 5.75 Å². The van der Waals surface area contributed by atoms with Crippen LogP contribution in [0.1, 0.15) is 5.56 Å². The third-order valence-corrected chi connectivity index (χ3v) is 2.76. The number of hydrogen-bond acceptors (Lipinski definition) is 4. The van der Waals surface area contributed by atoms with Crippen molar-refractivity contribution in [3.8, 4) is 5.75 Å². The van der Waals surface area contributed by atoms with Crippen molar-refractivity contribution < 1.29 is 19.4 Å². The maximum Gasteiger partial charge on any atom is 0.246 e. The normalized spacial score (nSPS) is 10.8. The summed E-state index contributed by atoms with van der Waals surface area (Å²) in [4.78, 5) is 13.5. The summed E-state index contributed by atoms with van der Waals surface area (Å²) in [5, 5.41) is 8.96. The molecule has 1 aromatic carbocycles. The van der Waals surface area contributed by atoms with Crippen LogP contribution >= 0.6 is 0 Å². The van der Waals surface area contributed by atoms with Crippen LogP contribution in [0.3, 0.4) is 0 Å². The Balaban J connectivity index is 2.67. The first-order valence-corrected chi connectivity index (χ1v) is 6.42. The van der Waals surface area contributed by atoms with Crippen LogP contribution in [0.15, 0.2) is 30.3 Å². The van der Waals surface area contributed by atoms with Gasteiger partial charge in [0, 0.05) is 26.3 Å². The molecule has 0 unspecified atom stereocenters. The summed E-state index contributed by atoms with van der Waals surface area (Å²) in [6, 6.07) is 7.43. The Labute approximate surface area is 119 Å². The van der Waals surface area contributed by atoms with E-state index in [1.807, 2.05) is 24.3 Å². The molecule has 0 spiro atoms. The Bertz CT molecular complexity index is 445. The summed E-state index contributed by atoms with van der Waals surface area (Å²) in [6.07, 6.45) is 3.21. The molecule has 5 nitrogen and oxygen atoms in total. The van der Waals surface area contributed by atoms with Gasteiger partial charge in [-0.1, -0.05) is 12.1 Å². The van der Waals surface area contributed by atoms with Crippen molar-refractivity contribution in [1.82, 2.24) is 4.90 Å². The number of benzene rings is 1. The summed E-state index contributed by atoms with van der Waals surface area (Å²) in [6.45, 7) is 1.13. The topological polar surface area (TPSA) is 59.0 Å². The van der Waals surface area contributed by atoms with Crippen molar-refractivity contribution in [3.05, 3.63) is 35.9 Å². The lowest BCUT2D eigenvalue weighted by molar-refractivity contribution is -0.127. The molecule has 0 saturated carbocycles. The number of aliphatic hydroxyl groups is 1. The van der Waals surface area contributed by atoms with E-state index in [4.69, 9.17) is 14.6 Å². The summed E-state index contributed by atoms with van der Waals surface area (Å²) < 4.78 is 10.1. The lowest BCUT2D eigenvalue weighted by Gasteiger charge is -2.19. The molecule has 110 valence electrons. The third kappa shape index (κ3) is 5.42. The highest BCUT2D eigenvalue weighted by Crippen LogP contribution is 2.13. The first-order chi connectivity index (χ1) is 9.71. The van der Waals surface area contributed by atoms with Crippen LogP contribution in [0.2, 0.25) is 0 Å². The van der Waals surface area contributed by atoms with E-state index in [9.17, 15) is 4.79 Å². The quantitative estimate of drug-likeness (QED) is 0.726. The summed E-state index contributed by atoms with van der Waals surface area (Å²) in [5.41, 5.74) is 0.883. The predicted molar refractivity (Wildman–Crippen MR) is 77.6 cm³/mol.